The van der Waals surface area contributed by atoms with Crippen LogP contribution in [0.5, 0.6) is 11.5 Å². The number of hydrogen-bond donors (Lipinski definition) is 1. The Labute approximate surface area is 157 Å². The third-order valence-electron chi connectivity index (χ3n) is 3.68. The zero-order chi connectivity index (χ0) is 20.2. The minimum atomic E-state index is -3.80. The third-order valence-corrected chi connectivity index (χ3v) is 5.49. The number of halogens is 1. The van der Waals surface area contributed by atoms with Crippen LogP contribution in [-0.2, 0) is 10.0 Å². The lowest BCUT2D eigenvalue weighted by Crippen LogP contribution is -2.23. The van der Waals surface area contributed by atoms with Crippen molar-refractivity contribution in [3.8, 4) is 11.5 Å². The van der Waals surface area contributed by atoms with Crippen molar-refractivity contribution in [1.82, 2.24) is 4.31 Å². The van der Waals surface area contributed by atoms with Gasteiger partial charge in [-0.25, -0.2) is 17.1 Å². The van der Waals surface area contributed by atoms with Gasteiger partial charge >= 0.3 is 0 Å². The molecule has 0 saturated heterocycles. The van der Waals surface area contributed by atoms with Gasteiger partial charge in [0.15, 0.2) is 11.5 Å². The van der Waals surface area contributed by atoms with Crippen molar-refractivity contribution in [3.05, 3.63) is 47.8 Å². The first-order valence-electron chi connectivity index (χ1n) is 8.05. The van der Waals surface area contributed by atoms with E-state index < -0.39 is 21.7 Å². The molecule has 0 aliphatic rings. The number of nitrogens with zero attached hydrogens (tertiary/aromatic N) is 1. The van der Waals surface area contributed by atoms with Crippen molar-refractivity contribution in [2.75, 3.05) is 33.1 Å². The molecule has 0 bridgehead atoms. The molecule has 27 heavy (non-hydrogen) atoms. The number of hydrogen-bond acceptors (Lipinski definition) is 5. The molecule has 0 atom stereocenters. The van der Waals surface area contributed by atoms with E-state index in [1.54, 1.807) is 12.1 Å². The Morgan fingerprint density at radius 2 is 1.85 bits per heavy atom. The van der Waals surface area contributed by atoms with Gasteiger partial charge in [0.05, 0.1) is 24.2 Å². The van der Waals surface area contributed by atoms with E-state index in [1.807, 2.05) is 6.92 Å². The smallest absolute Gasteiger partial charge is 0.258 e. The average molecular weight is 396 g/mol. The zero-order valence-electron chi connectivity index (χ0n) is 15.4. The van der Waals surface area contributed by atoms with Gasteiger partial charge in [-0.05, 0) is 37.3 Å². The summed E-state index contributed by atoms with van der Waals surface area (Å²) in [6, 6.07) is 7.78. The highest BCUT2D eigenvalue weighted by molar-refractivity contribution is 7.89. The fourth-order valence-corrected chi connectivity index (χ4v) is 3.20. The second-order valence-corrected chi connectivity index (χ2v) is 7.83. The summed E-state index contributed by atoms with van der Waals surface area (Å²) in [7, 11) is 0.366. The molecule has 0 unspecified atom stereocenters. The third kappa shape index (κ3) is 4.55. The molecule has 1 amide bonds. The standard InChI is InChI=1S/C18H21FN2O5S/c1-5-26-16-9-6-12(10-17(16)25-4)20-18(22)14-11-13(7-8-15(14)19)27(23,24)21(2)3/h6-11H,5H2,1-4H3,(H,20,22). The van der Waals surface area contributed by atoms with E-state index in [2.05, 4.69) is 5.32 Å². The first kappa shape index (κ1) is 20.7. The summed E-state index contributed by atoms with van der Waals surface area (Å²) in [5.74, 6) is -0.708. The van der Waals surface area contributed by atoms with E-state index in [0.29, 0.717) is 23.8 Å². The lowest BCUT2D eigenvalue weighted by molar-refractivity contribution is 0.102. The summed E-state index contributed by atoms with van der Waals surface area (Å²) >= 11 is 0. The molecule has 7 nitrogen and oxygen atoms in total. The van der Waals surface area contributed by atoms with E-state index in [4.69, 9.17) is 9.47 Å². The number of carbonyl (C=O) groups is 1. The highest BCUT2D eigenvalue weighted by Gasteiger charge is 2.21. The molecule has 0 radical (unpaired) electrons. The van der Waals surface area contributed by atoms with Crippen molar-refractivity contribution in [1.29, 1.82) is 0 Å². The number of amides is 1. The normalized spacial score (nSPS) is 11.3. The maximum absolute atomic E-state index is 14.1. The Hall–Kier alpha value is -2.65. The molecule has 0 aliphatic carbocycles. The predicted octanol–water partition coefficient (Wildman–Crippen LogP) is 2.74. The van der Waals surface area contributed by atoms with Gasteiger partial charge in [0.1, 0.15) is 5.82 Å². The van der Waals surface area contributed by atoms with E-state index in [0.717, 1.165) is 22.5 Å². The minimum Gasteiger partial charge on any atom is -0.493 e. The quantitative estimate of drug-likeness (QED) is 0.778. The molecule has 2 aromatic rings. The summed E-state index contributed by atoms with van der Waals surface area (Å²) < 4.78 is 50.1. The summed E-state index contributed by atoms with van der Waals surface area (Å²) in [5, 5.41) is 2.53. The van der Waals surface area contributed by atoms with Crippen molar-refractivity contribution in [3.63, 3.8) is 0 Å². The largest absolute Gasteiger partial charge is 0.493 e. The summed E-state index contributed by atoms with van der Waals surface area (Å²) in [5.41, 5.74) is -0.0358. The molecule has 0 saturated carbocycles. The number of nitrogens with one attached hydrogen (secondary N) is 1. The van der Waals surface area contributed by atoms with Gasteiger partial charge in [0.25, 0.3) is 5.91 Å². The van der Waals surface area contributed by atoms with Gasteiger partial charge in [-0.2, -0.15) is 0 Å². The fourth-order valence-electron chi connectivity index (χ4n) is 2.27. The van der Waals surface area contributed by atoms with Crippen LogP contribution in [0.1, 0.15) is 17.3 Å². The Morgan fingerprint density at radius 1 is 1.15 bits per heavy atom. The fraction of sp³-hybridized carbons (Fsp3) is 0.278. The molecule has 0 aliphatic heterocycles. The van der Waals surface area contributed by atoms with Crippen LogP contribution in [0.3, 0.4) is 0 Å². The van der Waals surface area contributed by atoms with Gasteiger partial charge in [0, 0.05) is 25.8 Å². The molecule has 0 heterocycles. The molecule has 2 rings (SSSR count). The number of anilines is 1. The lowest BCUT2D eigenvalue weighted by Gasteiger charge is -2.14. The number of rotatable bonds is 7. The van der Waals surface area contributed by atoms with Crippen LogP contribution >= 0.6 is 0 Å². The molecule has 2 aromatic carbocycles. The van der Waals surface area contributed by atoms with E-state index in [-0.39, 0.29) is 10.5 Å². The molecule has 0 spiro atoms. The molecule has 0 aromatic heterocycles. The van der Waals surface area contributed by atoms with Crippen LogP contribution in [-0.4, -0.2) is 46.4 Å². The molecule has 1 N–H and O–H groups in total. The molecular formula is C18H21FN2O5S. The maximum Gasteiger partial charge on any atom is 0.258 e. The molecule has 9 heteroatoms. The predicted molar refractivity (Wildman–Crippen MR) is 99.4 cm³/mol. The average Bonchev–Trinajstić information content (AvgIpc) is 2.63. The van der Waals surface area contributed by atoms with Crippen molar-refractivity contribution < 1.29 is 27.1 Å². The summed E-state index contributed by atoms with van der Waals surface area (Å²) in [6.07, 6.45) is 0. The number of benzene rings is 2. The number of sulfonamides is 1. The Bertz CT molecular complexity index is 945. The second kappa shape index (κ2) is 8.36. The molecular weight excluding hydrogens is 375 g/mol. The SMILES string of the molecule is CCOc1ccc(NC(=O)c2cc(S(=O)(=O)N(C)C)ccc2F)cc1OC. The van der Waals surface area contributed by atoms with E-state index in [1.165, 1.54) is 27.3 Å². The molecule has 0 fully saturated rings. The number of methoxy groups -OCH3 is 1. The van der Waals surface area contributed by atoms with Crippen LogP contribution in [0.25, 0.3) is 0 Å². The van der Waals surface area contributed by atoms with Gasteiger partial charge in [-0.3, -0.25) is 4.79 Å². The van der Waals surface area contributed by atoms with E-state index >= 15 is 0 Å². The monoisotopic (exact) mass is 396 g/mol. The van der Waals surface area contributed by atoms with Crippen LogP contribution < -0.4 is 14.8 Å². The van der Waals surface area contributed by atoms with Gasteiger partial charge in [-0.1, -0.05) is 0 Å². The lowest BCUT2D eigenvalue weighted by atomic mass is 10.2. The Balaban J connectivity index is 2.33. The van der Waals surface area contributed by atoms with Crippen LogP contribution in [0.15, 0.2) is 41.3 Å². The van der Waals surface area contributed by atoms with Crippen LogP contribution in [0, 0.1) is 5.82 Å². The minimum absolute atomic E-state index is 0.177. The Kier molecular flexibility index (Phi) is 6.40. The second-order valence-electron chi connectivity index (χ2n) is 5.68. The van der Waals surface area contributed by atoms with Crippen molar-refractivity contribution in [2.24, 2.45) is 0 Å². The highest BCUT2D eigenvalue weighted by Crippen LogP contribution is 2.30. The summed E-state index contributed by atoms with van der Waals surface area (Å²) in [4.78, 5) is 12.3. The van der Waals surface area contributed by atoms with Crippen LogP contribution in [0.2, 0.25) is 0 Å². The highest BCUT2D eigenvalue weighted by atomic mass is 32.2. The molecule has 146 valence electrons. The van der Waals surface area contributed by atoms with Gasteiger partial charge < -0.3 is 14.8 Å². The number of ether oxygens (including phenoxy) is 2. The Morgan fingerprint density at radius 3 is 2.44 bits per heavy atom. The number of carbonyl (C=O) groups excluding carboxylic acids is 1. The van der Waals surface area contributed by atoms with E-state index in [9.17, 15) is 17.6 Å². The van der Waals surface area contributed by atoms with Gasteiger partial charge in [-0.15, -0.1) is 0 Å². The first-order valence-corrected chi connectivity index (χ1v) is 9.49. The zero-order valence-corrected chi connectivity index (χ0v) is 16.3. The van der Waals surface area contributed by atoms with Crippen LogP contribution in [0.4, 0.5) is 10.1 Å². The maximum atomic E-state index is 14.1. The van der Waals surface area contributed by atoms with Gasteiger partial charge in [0.2, 0.25) is 10.0 Å². The topological polar surface area (TPSA) is 84.9 Å². The van der Waals surface area contributed by atoms with Crippen molar-refractivity contribution >= 4 is 21.6 Å². The summed E-state index contributed by atoms with van der Waals surface area (Å²) in [6.45, 7) is 2.27. The van der Waals surface area contributed by atoms with Crippen molar-refractivity contribution in [2.45, 2.75) is 11.8 Å². The first-order chi connectivity index (χ1) is 12.7.